The molecule has 3 aromatic rings. The fraction of sp³-hybridized carbons (Fsp3) is 0.577. The molecule has 1 aliphatic carbocycles. The van der Waals surface area contributed by atoms with Gasteiger partial charge in [0, 0.05) is 69.4 Å². The molecule has 0 aromatic carbocycles. The lowest BCUT2D eigenvalue weighted by atomic mass is 9.83. The summed E-state index contributed by atoms with van der Waals surface area (Å²) in [6.07, 6.45) is 12.3. The van der Waals surface area contributed by atoms with Gasteiger partial charge in [0.15, 0.2) is 0 Å². The maximum Gasteiger partial charge on any atom is 0.225 e. The third-order valence-corrected chi connectivity index (χ3v) is 7.10. The zero-order valence-electron chi connectivity index (χ0n) is 21.0. The Morgan fingerprint density at radius 2 is 1.78 bits per heavy atom. The van der Waals surface area contributed by atoms with Crippen LogP contribution in [0.3, 0.4) is 0 Å². The van der Waals surface area contributed by atoms with Crippen LogP contribution in [0.25, 0.3) is 10.9 Å². The molecule has 0 amide bonds. The number of nitrogens with zero attached hydrogens (tertiary/aromatic N) is 6. The topological polar surface area (TPSA) is 118 Å². The molecular weight excluding hydrogens is 458 g/mol. The summed E-state index contributed by atoms with van der Waals surface area (Å²) in [4.78, 5) is 25.2. The number of fused-ring (bicyclic) bond motifs is 1. The number of aromatic nitrogens is 5. The van der Waals surface area contributed by atoms with E-state index in [1.165, 1.54) is 0 Å². The fourth-order valence-corrected chi connectivity index (χ4v) is 5.16. The summed E-state index contributed by atoms with van der Waals surface area (Å²) in [6.45, 7) is 4.26. The van der Waals surface area contributed by atoms with Crippen molar-refractivity contribution in [3.05, 3.63) is 36.4 Å². The molecule has 0 radical (unpaired) electrons. The lowest BCUT2D eigenvalue weighted by molar-refractivity contribution is 0.122. The SMILES string of the molecule is COC[C@H](C)Nc1ncc2c(OC3CCN(c4ncccn4)CC3)ncc(C3CCC(O)CC3)c2n1. The second-order valence-corrected chi connectivity index (χ2v) is 9.83. The first kappa shape index (κ1) is 24.6. The first-order valence-electron chi connectivity index (χ1n) is 12.9. The minimum absolute atomic E-state index is 0.0517. The maximum atomic E-state index is 10.0. The molecular formula is C26H35N7O3. The summed E-state index contributed by atoms with van der Waals surface area (Å²) in [5, 5.41) is 14.2. The van der Waals surface area contributed by atoms with Crippen molar-refractivity contribution in [1.82, 2.24) is 24.9 Å². The van der Waals surface area contributed by atoms with E-state index in [4.69, 9.17) is 19.4 Å². The molecule has 0 spiro atoms. The van der Waals surface area contributed by atoms with Crippen molar-refractivity contribution < 1.29 is 14.6 Å². The number of aliphatic hydroxyl groups is 1. The minimum atomic E-state index is -0.211. The van der Waals surface area contributed by atoms with E-state index in [1.807, 2.05) is 25.4 Å². The van der Waals surface area contributed by atoms with Gasteiger partial charge in [-0.25, -0.2) is 24.9 Å². The van der Waals surface area contributed by atoms with Crippen molar-refractivity contribution in [2.75, 3.05) is 37.0 Å². The van der Waals surface area contributed by atoms with E-state index in [-0.39, 0.29) is 18.2 Å². The molecule has 5 rings (SSSR count). The van der Waals surface area contributed by atoms with Gasteiger partial charge >= 0.3 is 0 Å². The molecule has 2 fully saturated rings. The van der Waals surface area contributed by atoms with Crippen LogP contribution in [0.4, 0.5) is 11.9 Å². The minimum Gasteiger partial charge on any atom is -0.474 e. The highest BCUT2D eigenvalue weighted by Gasteiger charge is 2.27. The number of piperidine rings is 1. The fourth-order valence-electron chi connectivity index (χ4n) is 5.16. The molecule has 10 heteroatoms. The van der Waals surface area contributed by atoms with E-state index < -0.39 is 0 Å². The van der Waals surface area contributed by atoms with Crippen LogP contribution >= 0.6 is 0 Å². The molecule has 0 bridgehead atoms. The number of aliphatic hydroxyl groups excluding tert-OH is 1. The molecule has 2 N–H and O–H groups in total. The van der Waals surface area contributed by atoms with Gasteiger partial charge in [0.2, 0.25) is 17.8 Å². The van der Waals surface area contributed by atoms with E-state index in [0.717, 1.165) is 74.0 Å². The predicted octanol–water partition coefficient (Wildman–Crippen LogP) is 3.33. The van der Waals surface area contributed by atoms with E-state index in [0.29, 0.717) is 24.4 Å². The third kappa shape index (κ3) is 5.65. The number of nitrogens with one attached hydrogen (secondary N) is 1. The zero-order chi connectivity index (χ0) is 24.9. The van der Waals surface area contributed by atoms with Gasteiger partial charge in [-0.2, -0.15) is 0 Å². The van der Waals surface area contributed by atoms with Crippen LogP contribution in [-0.4, -0.2) is 75.1 Å². The Balaban J connectivity index is 1.37. The van der Waals surface area contributed by atoms with Gasteiger partial charge in [-0.15, -0.1) is 0 Å². The summed E-state index contributed by atoms with van der Waals surface area (Å²) in [5.74, 6) is 2.22. The van der Waals surface area contributed by atoms with Gasteiger partial charge in [-0.3, -0.25) is 0 Å². The van der Waals surface area contributed by atoms with E-state index in [9.17, 15) is 5.11 Å². The number of ether oxygens (including phenoxy) is 2. The van der Waals surface area contributed by atoms with Gasteiger partial charge in [0.05, 0.1) is 23.6 Å². The van der Waals surface area contributed by atoms with Crippen molar-refractivity contribution in [2.45, 2.75) is 69.6 Å². The highest BCUT2D eigenvalue weighted by molar-refractivity contribution is 5.86. The van der Waals surface area contributed by atoms with Crippen LogP contribution in [0.15, 0.2) is 30.9 Å². The Morgan fingerprint density at radius 1 is 1.03 bits per heavy atom. The Labute approximate surface area is 211 Å². The van der Waals surface area contributed by atoms with Crippen LogP contribution in [0, 0.1) is 0 Å². The predicted molar refractivity (Wildman–Crippen MR) is 137 cm³/mol. The Hall–Kier alpha value is -3.11. The largest absolute Gasteiger partial charge is 0.474 e. The number of rotatable bonds is 8. The van der Waals surface area contributed by atoms with E-state index in [2.05, 4.69) is 25.2 Å². The van der Waals surface area contributed by atoms with Crippen LogP contribution < -0.4 is 15.0 Å². The summed E-state index contributed by atoms with van der Waals surface area (Å²) in [6, 6.07) is 1.91. The maximum absolute atomic E-state index is 10.0. The zero-order valence-corrected chi connectivity index (χ0v) is 21.0. The van der Waals surface area contributed by atoms with Crippen LogP contribution in [0.5, 0.6) is 5.88 Å². The summed E-state index contributed by atoms with van der Waals surface area (Å²) >= 11 is 0. The smallest absolute Gasteiger partial charge is 0.225 e. The number of methoxy groups -OCH3 is 1. The quantitative estimate of drug-likeness (QED) is 0.484. The lowest BCUT2D eigenvalue weighted by Gasteiger charge is -2.32. The lowest BCUT2D eigenvalue weighted by Crippen LogP contribution is -2.39. The summed E-state index contributed by atoms with van der Waals surface area (Å²) in [5.41, 5.74) is 1.98. The molecule has 1 saturated carbocycles. The average molecular weight is 494 g/mol. The van der Waals surface area contributed by atoms with Crippen molar-refractivity contribution >= 4 is 22.8 Å². The van der Waals surface area contributed by atoms with Gasteiger partial charge in [0.25, 0.3) is 0 Å². The molecule has 0 unspecified atom stereocenters. The molecule has 1 aliphatic heterocycles. The molecule has 192 valence electrons. The number of hydrogen-bond donors (Lipinski definition) is 2. The highest BCUT2D eigenvalue weighted by Crippen LogP contribution is 2.38. The van der Waals surface area contributed by atoms with E-state index in [1.54, 1.807) is 19.5 Å². The van der Waals surface area contributed by atoms with Crippen LogP contribution in [-0.2, 0) is 4.74 Å². The van der Waals surface area contributed by atoms with Crippen molar-refractivity contribution in [3.8, 4) is 5.88 Å². The van der Waals surface area contributed by atoms with E-state index >= 15 is 0 Å². The van der Waals surface area contributed by atoms with Crippen LogP contribution in [0.1, 0.15) is 56.9 Å². The average Bonchev–Trinajstić information content (AvgIpc) is 2.90. The first-order valence-corrected chi connectivity index (χ1v) is 12.9. The molecule has 3 aromatic heterocycles. The van der Waals surface area contributed by atoms with Gasteiger partial charge in [0.1, 0.15) is 6.10 Å². The third-order valence-electron chi connectivity index (χ3n) is 7.10. The molecule has 10 nitrogen and oxygen atoms in total. The van der Waals surface area contributed by atoms with Crippen molar-refractivity contribution in [1.29, 1.82) is 0 Å². The van der Waals surface area contributed by atoms with Gasteiger partial charge in [-0.05, 0) is 44.6 Å². The summed E-state index contributed by atoms with van der Waals surface area (Å²) in [7, 11) is 1.68. The highest BCUT2D eigenvalue weighted by atomic mass is 16.5. The van der Waals surface area contributed by atoms with Crippen LogP contribution in [0.2, 0.25) is 0 Å². The molecule has 36 heavy (non-hydrogen) atoms. The second-order valence-electron chi connectivity index (χ2n) is 9.83. The monoisotopic (exact) mass is 493 g/mol. The normalized spacial score (nSPS) is 21.9. The molecule has 1 saturated heterocycles. The molecule has 2 aliphatic rings. The number of pyridine rings is 1. The van der Waals surface area contributed by atoms with Crippen molar-refractivity contribution in [3.63, 3.8) is 0 Å². The standard InChI is InChI=1S/C26H35N7O3/c1-17(16-35-2)31-25-30-15-22-23(32-25)21(18-4-6-19(34)7-5-18)14-29-24(22)36-20-8-12-33(13-9-20)26-27-10-3-11-28-26/h3,10-11,14-15,17-20,34H,4-9,12-13,16H2,1-2H3,(H,30,31,32)/t17-,18?,19?/m0/s1. The Morgan fingerprint density at radius 3 is 2.50 bits per heavy atom. The first-order chi connectivity index (χ1) is 17.6. The second kappa shape index (κ2) is 11.3. The molecule has 1 atom stereocenters. The summed E-state index contributed by atoms with van der Waals surface area (Å²) < 4.78 is 11.7. The van der Waals surface area contributed by atoms with Gasteiger partial charge in [-0.1, -0.05) is 0 Å². The molecule has 4 heterocycles. The number of hydrogen-bond acceptors (Lipinski definition) is 10. The van der Waals surface area contributed by atoms with Gasteiger partial charge < -0.3 is 24.8 Å². The van der Waals surface area contributed by atoms with Crippen molar-refractivity contribution in [2.24, 2.45) is 0 Å². The Kier molecular flexibility index (Phi) is 7.72. The number of anilines is 2. The Bertz CT molecular complexity index is 1130.